The smallest absolute Gasteiger partial charge is 0.296 e. The number of ketones is 1. The number of nitrogen functional groups attached to an aromatic ring is 1. The number of hydrogen-bond donors (Lipinski definition) is 7. The average molecular weight is 1020 g/mol. The van der Waals surface area contributed by atoms with Crippen LogP contribution in [0.4, 0.5) is 39.8 Å². The molecule has 0 fully saturated rings. The molecule has 28 heteroatoms. The number of Topliss-reactive ketones (excluding diaryl/α,β-unsaturated/α-hetero) is 1. The van der Waals surface area contributed by atoms with Gasteiger partial charge in [0, 0.05) is 45.4 Å². The SMILES string of the molecule is COc1cc(NN=C2C(=O)c3ccc(NC(=O)c4ccc(N)cc4)cc3C=C2S(=O)(=O)O)c(OC)cc1N=Nc1ccc(N=Nc2cc(S(=O)(=O)O)ccc2S(=O)(=O)O)c2ccc(S(=O)(=O)O)cc12. The van der Waals surface area contributed by atoms with Gasteiger partial charge in [-0.25, -0.2) is 0 Å². The molecule has 0 radical (unpaired) electrons. The Hall–Kier alpha value is -7.83. The Morgan fingerprint density at radius 3 is 1.80 bits per heavy atom. The van der Waals surface area contributed by atoms with Gasteiger partial charge in [0.15, 0.2) is 5.71 Å². The fraction of sp³-hybridized carbons (Fsp3) is 0.0488. The number of rotatable bonds is 14. The summed E-state index contributed by atoms with van der Waals surface area (Å²) >= 11 is 0. The summed E-state index contributed by atoms with van der Waals surface area (Å²) in [5.74, 6) is -1.51. The normalized spacial score (nSPS) is 14.0. The molecular weight excluding hydrogens is 989 g/mol. The molecule has 0 saturated heterocycles. The minimum absolute atomic E-state index is 0.0212. The lowest BCUT2D eigenvalue weighted by Gasteiger charge is -2.18. The van der Waals surface area contributed by atoms with E-state index in [-0.39, 0.29) is 67.4 Å². The number of methoxy groups -OCH3 is 2. The highest BCUT2D eigenvalue weighted by molar-refractivity contribution is 7.91. The lowest BCUT2D eigenvalue weighted by atomic mass is 9.94. The van der Waals surface area contributed by atoms with Crippen molar-refractivity contribution >= 4 is 115 Å². The van der Waals surface area contributed by atoms with E-state index >= 15 is 0 Å². The zero-order valence-electron chi connectivity index (χ0n) is 35.0. The highest BCUT2D eigenvalue weighted by atomic mass is 32.2. The van der Waals surface area contributed by atoms with E-state index in [1.54, 1.807) is 0 Å². The summed E-state index contributed by atoms with van der Waals surface area (Å²) < 4.78 is 147. The molecule has 6 aromatic carbocycles. The van der Waals surface area contributed by atoms with Crippen molar-refractivity contribution < 1.29 is 70.9 Å². The van der Waals surface area contributed by atoms with E-state index in [9.17, 15) is 61.5 Å². The van der Waals surface area contributed by atoms with Gasteiger partial charge in [0.2, 0.25) is 5.78 Å². The quantitative estimate of drug-likeness (QED) is 0.0246. The summed E-state index contributed by atoms with van der Waals surface area (Å²) in [6.07, 6.45) is 0.996. The second-order valence-corrected chi connectivity index (χ2v) is 19.9. The van der Waals surface area contributed by atoms with Crippen LogP contribution in [0.1, 0.15) is 26.3 Å². The molecule has 0 heterocycles. The zero-order valence-corrected chi connectivity index (χ0v) is 38.3. The van der Waals surface area contributed by atoms with Crippen LogP contribution in [0.25, 0.3) is 16.8 Å². The summed E-state index contributed by atoms with van der Waals surface area (Å²) in [6.45, 7) is 0. The third-order valence-electron chi connectivity index (χ3n) is 9.81. The van der Waals surface area contributed by atoms with Crippen molar-refractivity contribution in [2.45, 2.75) is 14.7 Å². The number of nitrogens with zero attached hydrogens (tertiary/aromatic N) is 5. The molecule has 1 aliphatic carbocycles. The Labute approximate surface area is 390 Å². The molecule has 0 atom stereocenters. The third-order valence-corrected chi connectivity index (χ3v) is 13.3. The van der Waals surface area contributed by atoms with Gasteiger partial charge in [-0.05, 0) is 96.6 Å². The summed E-state index contributed by atoms with van der Waals surface area (Å²) in [7, 11) is -17.3. The number of carbonyl (C=O) groups excluding carboxylic acids is 2. The van der Waals surface area contributed by atoms with Crippen LogP contribution in [0, 0.1) is 0 Å². The van der Waals surface area contributed by atoms with Gasteiger partial charge < -0.3 is 20.5 Å². The van der Waals surface area contributed by atoms with Crippen molar-refractivity contribution in [3.63, 3.8) is 0 Å². The van der Waals surface area contributed by atoms with Gasteiger partial charge >= 0.3 is 0 Å². The first-order chi connectivity index (χ1) is 32.3. The first-order valence-electron chi connectivity index (χ1n) is 19.0. The molecule has 0 unspecified atom stereocenters. The standard InChI is InChI=1S/C41H32N8O16S4/c1-64-35-20-33(47-49-39-38(69(61,62)63)16-22-15-24(7-10-27(22)40(39)50)43-41(51)21-3-5-23(42)6-4-21)36(65-2)19-32(35)46-45-31-13-12-30(28-11-8-25(17-29(28)31)66(52,53)54)44-48-34-18-26(67(55,56)57)9-14-37(34)68(58,59)60/h3-20,47H,42H2,1-2H3,(H,43,51)(H,52,53,54)(H,55,56,57)(H,58,59,60)(H,61,62,63). The number of azo groups is 2. The van der Waals surface area contributed by atoms with Crippen molar-refractivity contribution in [1.29, 1.82) is 0 Å². The van der Waals surface area contributed by atoms with Crippen LogP contribution in [-0.2, 0) is 40.5 Å². The maximum absolute atomic E-state index is 13.7. The maximum atomic E-state index is 13.7. The molecule has 356 valence electrons. The monoisotopic (exact) mass is 1020 g/mol. The van der Waals surface area contributed by atoms with Gasteiger partial charge in [-0.2, -0.15) is 38.8 Å². The molecule has 0 spiro atoms. The fourth-order valence-corrected chi connectivity index (χ4v) is 8.79. The van der Waals surface area contributed by atoms with E-state index < -0.39 is 83.2 Å². The van der Waals surface area contributed by atoms with E-state index in [4.69, 9.17) is 15.2 Å². The predicted molar refractivity (Wildman–Crippen MR) is 248 cm³/mol. The van der Waals surface area contributed by atoms with Crippen molar-refractivity contribution in [2.24, 2.45) is 25.6 Å². The summed E-state index contributed by atoms with van der Waals surface area (Å²) in [5.41, 5.74) is 7.50. The van der Waals surface area contributed by atoms with Gasteiger partial charge in [-0.3, -0.25) is 33.2 Å². The topological polar surface area (TPSA) is 382 Å². The molecule has 1 aliphatic rings. The number of anilines is 3. The second-order valence-electron chi connectivity index (χ2n) is 14.3. The lowest BCUT2D eigenvalue weighted by molar-refractivity contribution is 0.102. The highest BCUT2D eigenvalue weighted by Crippen LogP contribution is 2.42. The number of benzene rings is 6. The van der Waals surface area contributed by atoms with Crippen LogP contribution in [0.3, 0.4) is 0 Å². The number of carbonyl (C=O) groups is 2. The van der Waals surface area contributed by atoms with Crippen molar-refractivity contribution in [3.8, 4) is 11.5 Å². The molecule has 0 bridgehead atoms. The number of hydrogen-bond acceptors (Lipinski definition) is 19. The summed E-state index contributed by atoms with van der Waals surface area (Å²) in [5, 5.41) is 22.9. The largest absolute Gasteiger partial charge is 0.494 e. The van der Waals surface area contributed by atoms with Crippen molar-refractivity contribution in [2.75, 3.05) is 30.7 Å². The molecule has 69 heavy (non-hydrogen) atoms. The molecule has 24 nitrogen and oxygen atoms in total. The fourth-order valence-electron chi connectivity index (χ4n) is 6.52. The first kappa shape index (κ1) is 49.1. The predicted octanol–water partition coefficient (Wildman–Crippen LogP) is 7.16. The Morgan fingerprint density at radius 2 is 1.19 bits per heavy atom. The second kappa shape index (κ2) is 18.7. The Bertz CT molecular complexity index is 3750. The van der Waals surface area contributed by atoms with Gasteiger partial charge in [0.1, 0.15) is 38.4 Å². The van der Waals surface area contributed by atoms with Gasteiger partial charge in [0.05, 0.1) is 35.4 Å². The Morgan fingerprint density at radius 1 is 0.594 bits per heavy atom. The van der Waals surface area contributed by atoms with E-state index in [1.165, 1.54) is 87.0 Å². The van der Waals surface area contributed by atoms with Crippen molar-refractivity contribution in [3.05, 3.63) is 125 Å². The van der Waals surface area contributed by atoms with Crippen LogP contribution in [0.5, 0.6) is 11.5 Å². The number of nitrogens with two attached hydrogens (primary N) is 1. The molecule has 0 saturated carbocycles. The number of allylic oxidation sites excluding steroid dienone is 1. The minimum Gasteiger partial charge on any atom is -0.494 e. The molecule has 8 N–H and O–H groups in total. The van der Waals surface area contributed by atoms with Crippen LogP contribution in [-0.4, -0.2) is 83.5 Å². The molecule has 0 aromatic heterocycles. The van der Waals surface area contributed by atoms with Gasteiger partial charge in [-0.1, -0.05) is 6.07 Å². The molecule has 7 rings (SSSR count). The Balaban J connectivity index is 1.22. The summed E-state index contributed by atoms with van der Waals surface area (Å²) in [4.78, 5) is 23.4. The van der Waals surface area contributed by atoms with E-state index in [0.717, 1.165) is 18.2 Å². The van der Waals surface area contributed by atoms with Crippen LogP contribution in [0.2, 0.25) is 0 Å². The summed E-state index contributed by atoms with van der Waals surface area (Å²) in [6, 6.07) is 20.4. The number of nitrogens with one attached hydrogen (secondary N) is 2. The number of fused-ring (bicyclic) bond motifs is 2. The zero-order chi connectivity index (χ0) is 50.2. The molecule has 1 amide bonds. The van der Waals surface area contributed by atoms with E-state index in [2.05, 4.69) is 36.3 Å². The van der Waals surface area contributed by atoms with Crippen LogP contribution in [0.15, 0.2) is 148 Å². The lowest BCUT2D eigenvalue weighted by Crippen LogP contribution is -2.27. The molecule has 6 aromatic rings. The maximum Gasteiger partial charge on any atom is 0.296 e. The number of ether oxygens (including phenoxy) is 2. The van der Waals surface area contributed by atoms with Gasteiger partial charge in [-0.15, -0.1) is 20.5 Å². The van der Waals surface area contributed by atoms with Crippen LogP contribution >= 0.6 is 0 Å². The molecular formula is C41H32N8O16S4. The van der Waals surface area contributed by atoms with E-state index in [0.29, 0.717) is 23.9 Å². The third kappa shape index (κ3) is 10.8. The average Bonchev–Trinajstić information content (AvgIpc) is 3.28. The van der Waals surface area contributed by atoms with Crippen molar-refractivity contribution in [1.82, 2.24) is 0 Å². The minimum atomic E-state index is -5.10. The molecule has 0 aliphatic heterocycles. The Kier molecular flexibility index (Phi) is 13.3. The first-order valence-corrected chi connectivity index (χ1v) is 24.7. The van der Waals surface area contributed by atoms with Crippen LogP contribution < -0.4 is 25.9 Å². The van der Waals surface area contributed by atoms with Gasteiger partial charge in [0.25, 0.3) is 46.4 Å². The number of amides is 1. The van der Waals surface area contributed by atoms with E-state index in [1.807, 2.05) is 0 Å². The highest BCUT2D eigenvalue weighted by Gasteiger charge is 2.33. The number of hydrazone groups is 1.